The van der Waals surface area contributed by atoms with Crippen molar-refractivity contribution in [2.24, 2.45) is 0 Å². The highest BCUT2D eigenvalue weighted by molar-refractivity contribution is 6.05. The van der Waals surface area contributed by atoms with Gasteiger partial charge in [0.05, 0.1) is 17.1 Å². The number of hydrogen-bond donors (Lipinski definition) is 0. The molecule has 0 radical (unpaired) electrons. The van der Waals surface area contributed by atoms with Crippen molar-refractivity contribution in [3.8, 4) is 0 Å². The number of aromatic nitrogens is 5. The lowest BCUT2D eigenvalue weighted by Crippen LogP contribution is -2.49. The summed E-state index contributed by atoms with van der Waals surface area (Å²) in [5.74, 6) is 0.982. The average molecular weight is 393 g/mol. The highest BCUT2D eigenvalue weighted by Gasteiger charge is 2.26. The molecule has 1 aliphatic rings. The number of carbonyl (C=O) groups excluding carboxylic acids is 1. The molecule has 1 aliphatic heterocycles. The minimum absolute atomic E-state index is 0.0382. The summed E-state index contributed by atoms with van der Waals surface area (Å²) < 4.78 is 1.89. The third-order valence-corrected chi connectivity index (χ3v) is 5.30. The zero-order chi connectivity index (χ0) is 20.5. The second kappa shape index (κ2) is 7.77. The first-order valence-electron chi connectivity index (χ1n) is 10.1. The summed E-state index contributed by atoms with van der Waals surface area (Å²) in [7, 11) is 0. The number of carbonyl (C=O) groups is 1. The van der Waals surface area contributed by atoms with E-state index in [0.29, 0.717) is 37.7 Å². The molecule has 0 unspecified atom stereocenters. The lowest BCUT2D eigenvalue weighted by molar-refractivity contribution is 0.0748. The van der Waals surface area contributed by atoms with Crippen molar-refractivity contribution in [2.45, 2.75) is 39.7 Å². The molecule has 0 bridgehead atoms. The van der Waals surface area contributed by atoms with E-state index in [0.717, 1.165) is 16.7 Å². The van der Waals surface area contributed by atoms with Crippen molar-refractivity contribution in [2.75, 3.05) is 31.1 Å². The van der Waals surface area contributed by atoms with Crippen molar-refractivity contribution in [3.05, 3.63) is 42.0 Å². The summed E-state index contributed by atoms with van der Waals surface area (Å²) in [6.07, 6.45) is 5.26. The number of anilines is 1. The van der Waals surface area contributed by atoms with Crippen LogP contribution >= 0.6 is 0 Å². The van der Waals surface area contributed by atoms with Gasteiger partial charge in [-0.1, -0.05) is 13.8 Å². The summed E-state index contributed by atoms with van der Waals surface area (Å²) in [6, 6.07) is 3.93. The molecule has 0 aromatic carbocycles. The molecule has 29 heavy (non-hydrogen) atoms. The van der Waals surface area contributed by atoms with Gasteiger partial charge in [-0.15, -0.1) is 0 Å². The second-order valence-electron chi connectivity index (χ2n) is 8.00. The maximum Gasteiger partial charge on any atom is 0.254 e. The predicted molar refractivity (Wildman–Crippen MR) is 112 cm³/mol. The van der Waals surface area contributed by atoms with Crippen LogP contribution in [0.4, 0.5) is 5.95 Å². The third kappa shape index (κ3) is 3.66. The Bertz CT molecular complexity index is 1000. The number of fused-ring (bicyclic) bond motifs is 1. The van der Waals surface area contributed by atoms with E-state index in [1.807, 2.05) is 21.7 Å². The third-order valence-electron chi connectivity index (χ3n) is 5.30. The fourth-order valence-electron chi connectivity index (χ4n) is 3.62. The molecule has 0 N–H and O–H groups in total. The molecule has 4 rings (SSSR count). The highest BCUT2D eigenvalue weighted by Crippen LogP contribution is 2.26. The number of piperazine rings is 1. The largest absolute Gasteiger partial charge is 0.337 e. The molecule has 152 valence electrons. The topological polar surface area (TPSA) is 80.0 Å². The van der Waals surface area contributed by atoms with Gasteiger partial charge in [0.25, 0.3) is 5.91 Å². The first kappa shape index (κ1) is 19.3. The van der Waals surface area contributed by atoms with Gasteiger partial charge in [0.2, 0.25) is 5.95 Å². The molecule has 3 aromatic heterocycles. The van der Waals surface area contributed by atoms with Gasteiger partial charge in [0.1, 0.15) is 0 Å². The minimum Gasteiger partial charge on any atom is -0.337 e. The standard InChI is InChI=1S/C21H27N7O/c1-14(2)18-12-16(17-13-24-28(15(3)4)19(17)25-18)20(29)26-8-10-27(11-9-26)21-22-6-5-7-23-21/h5-7,12-15H,8-11H2,1-4H3. The molecule has 4 heterocycles. The van der Waals surface area contributed by atoms with E-state index in [9.17, 15) is 4.79 Å². The molecule has 0 spiro atoms. The normalized spacial score (nSPS) is 15.0. The molecular weight excluding hydrogens is 366 g/mol. The average Bonchev–Trinajstić information content (AvgIpc) is 3.17. The van der Waals surface area contributed by atoms with Gasteiger partial charge in [-0.05, 0) is 31.9 Å². The summed E-state index contributed by atoms with van der Waals surface area (Å²) in [6.45, 7) is 11.0. The number of hydrogen-bond acceptors (Lipinski definition) is 6. The van der Waals surface area contributed by atoms with E-state index in [4.69, 9.17) is 4.98 Å². The van der Waals surface area contributed by atoms with E-state index in [1.54, 1.807) is 18.6 Å². The lowest BCUT2D eigenvalue weighted by Gasteiger charge is -2.34. The summed E-state index contributed by atoms with van der Waals surface area (Å²) >= 11 is 0. The van der Waals surface area contributed by atoms with Crippen LogP contribution in [-0.2, 0) is 0 Å². The summed E-state index contributed by atoms with van der Waals surface area (Å²) in [5, 5.41) is 5.32. The van der Waals surface area contributed by atoms with Crippen LogP contribution in [0.1, 0.15) is 55.7 Å². The lowest BCUT2D eigenvalue weighted by atomic mass is 10.0. The SMILES string of the molecule is CC(C)c1cc(C(=O)N2CCN(c3ncccn3)CC2)c2cnn(C(C)C)c2n1. The van der Waals surface area contributed by atoms with E-state index in [-0.39, 0.29) is 17.9 Å². The Hall–Kier alpha value is -3.03. The summed E-state index contributed by atoms with van der Waals surface area (Å²) in [4.78, 5) is 30.9. The molecule has 1 amide bonds. The van der Waals surface area contributed by atoms with Crippen LogP contribution in [0.25, 0.3) is 11.0 Å². The Morgan fingerprint density at radius 3 is 2.34 bits per heavy atom. The van der Waals surface area contributed by atoms with Crippen LogP contribution in [0.15, 0.2) is 30.7 Å². The van der Waals surface area contributed by atoms with Crippen LogP contribution in [0.5, 0.6) is 0 Å². The van der Waals surface area contributed by atoms with Crippen molar-refractivity contribution in [1.82, 2.24) is 29.6 Å². The summed E-state index contributed by atoms with van der Waals surface area (Å²) in [5.41, 5.74) is 2.39. The number of amides is 1. The number of pyridine rings is 1. The molecular formula is C21H27N7O. The second-order valence-corrected chi connectivity index (χ2v) is 8.00. The Morgan fingerprint density at radius 1 is 1.03 bits per heavy atom. The number of rotatable bonds is 4. The van der Waals surface area contributed by atoms with Crippen LogP contribution < -0.4 is 4.90 Å². The molecule has 8 heteroatoms. The van der Waals surface area contributed by atoms with Gasteiger partial charge in [-0.2, -0.15) is 5.10 Å². The quantitative estimate of drug-likeness (QED) is 0.678. The Balaban J connectivity index is 1.62. The smallest absolute Gasteiger partial charge is 0.254 e. The molecule has 1 saturated heterocycles. The van der Waals surface area contributed by atoms with Crippen LogP contribution in [0.2, 0.25) is 0 Å². The van der Waals surface area contributed by atoms with Gasteiger partial charge in [0, 0.05) is 50.3 Å². The van der Waals surface area contributed by atoms with Gasteiger partial charge in [-0.3, -0.25) is 4.79 Å². The zero-order valence-electron chi connectivity index (χ0n) is 17.4. The van der Waals surface area contributed by atoms with Crippen molar-refractivity contribution < 1.29 is 4.79 Å². The monoisotopic (exact) mass is 393 g/mol. The molecule has 0 saturated carbocycles. The first-order valence-corrected chi connectivity index (χ1v) is 10.1. The molecule has 0 atom stereocenters. The Labute approximate surface area is 170 Å². The maximum atomic E-state index is 13.4. The van der Waals surface area contributed by atoms with E-state index >= 15 is 0 Å². The molecule has 3 aromatic rings. The number of nitrogens with zero attached hydrogens (tertiary/aromatic N) is 7. The van der Waals surface area contributed by atoms with Gasteiger partial charge >= 0.3 is 0 Å². The first-order chi connectivity index (χ1) is 14.0. The molecule has 8 nitrogen and oxygen atoms in total. The molecule has 0 aliphatic carbocycles. The van der Waals surface area contributed by atoms with E-state index in [2.05, 4.69) is 47.7 Å². The van der Waals surface area contributed by atoms with Gasteiger partial charge in [0.15, 0.2) is 5.65 Å². The zero-order valence-corrected chi connectivity index (χ0v) is 17.4. The Morgan fingerprint density at radius 2 is 1.72 bits per heavy atom. The Kier molecular flexibility index (Phi) is 5.17. The van der Waals surface area contributed by atoms with E-state index in [1.165, 1.54) is 0 Å². The fourth-order valence-corrected chi connectivity index (χ4v) is 3.62. The predicted octanol–water partition coefficient (Wildman–Crippen LogP) is 2.89. The van der Waals surface area contributed by atoms with Crippen LogP contribution in [0.3, 0.4) is 0 Å². The molecule has 1 fully saturated rings. The van der Waals surface area contributed by atoms with Crippen molar-refractivity contribution >= 4 is 22.9 Å². The highest BCUT2D eigenvalue weighted by atomic mass is 16.2. The van der Waals surface area contributed by atoms with Crippen LogP contribution in [-0.4, -0.2) is 61.7 Å². The minimum atomic E-state index is 0.0382. The van der Waals surface area contributed by atoms with E-state index < -0.39 is 0 Å². The van der Waals surface area contributed by atoms with Crippen LogP contribution in [0, 0.1) is 0 Å². The fraction of sp³-hybridized carbons (Fsp3) is 0.476. The van der Waals surface area contributed by atoms with Gasteiger partial charge in [-0.25, -0.2) is 19.6 Å². The van der Waals surface area contributed by atoms with Crippen molar-refractivity contribution in [1.29, 1.82) is 0 Å². The van der Waals surface area contributed by atoms with Crippen molar-refractivity contribution in [3.63, 3.8) is 0 Å². The maximum absolute atomic E-state index is 13.4. The van der Waals surface area contributed by atoms with Gasteiger partial charge < -0.3 is 9.80 Å².